The fourth-order valence-corrected chi connectivity index (χ4v) is 4.79. The number of aryl methyl sites for hydroxylation is 1. The molecule has 3 heterocycles. The van der Waals surface area contributed by atoms with Crippen molar-refractivity contribution in [3.05, 3.63) is 41.1 Å². The van der Waals surface area contributed by atoms with Gasteiger partial charge < -0.3 is 16.0 Å². The number of nitrogens with one attached hydrogen (secondary N) is 1. The molecule has 1 saturated heterocycles. The summed E-state index contributed by atoms with van der Waals surface area (Å²) in [5, 5.41) is 7.47. The molecule has 29 heavy (non-hydrogen) atoms. The number of fused-ring (bicyclic) bond motifs is 1. The van der Waals surface area contributed by atoms with Crippen molar-refractivity contribution in [1.29, 1.82) is 0 Å². The number of nitrogens with zero attached hydrogens (tertiary/aromatic N) is 3. The van der Waals surface area contributed by atoms with Crippen LogP contribution < -0.4 is 11.1 Å². The maximum Gasteiger partial charge on any atom is 0.315 e. The highest BCUT2D eigenvalue weighted by Gasteiger charge is 2.31. The van der Waals surface area contributed by atoms with Gasteiger partial charge in [0, 0.05) is 36.1 Å². The number of rotatable bonds is 3. The molecule has 0 bridgehead atoms. The molecule has 1 aromatic heterocycles. The summed E-state index contributed by atoms with van der Waals surface area (Å²) in [7, 11) is 0. The predicted octanol–water partition coefficient (Wildman–Crippen LogP) is 1.59. The van der Waals surface area contributed by atoms with E-state index in [4.69, 9.17) is 5.73 Å². The molecule has 2 aliphatic rings. The fourth-order valence-electron chi connectivity index (χ4n) is 3.76. The molecular formula is C20H23N5O3S. The summed E-state index contributed by atoms with van der Waals surface area (Å²) < 4.78 is 1.71. The summed E-state index contributed by atoms with van der Waals surface area (Å²) in [6.07, 6.45) is 0.975. The van der Waals surface area contributed by atoms with Crippen LogP contribution in [-0.2, 0) is 25.9 Å². The number of carbonyl (C=O) groups excluding carboxylic acids is 3. The zero-order valence-corrected chi connectivity index (χ0v) is 17.0. The highest BCUT2D eigenvalue weighted by Crippen LogP contribution is 2.36. The quantitative estimate of drug-likeness (QED) is 0.743. The van der Waals surface area contributed by atoms with E-state index in [0.29, 0.717) is 31.7 Å². The molecule has 2 aliphatic heterocycles. The Bertz CT molecular complexity index is 978. The number of carbonyl (C=O) groups is 3. The maximum absolute atomic E-state index is 12.7. The zero-order valence-electron chi connectivity index (χ0n) is 16.2. The number of hydrogen-bond donors (Lipinski definition) is 2. The molecular weight excluding hydrogens is 390 g/mol. The maximum atomic E-state index is 12.7. The topological polar surface area (TPSA) is 110 Å². The number of anilines is 1. The highest BCUT2D eigenvalue weighted by molar-refractivity contribution is 7.98. The number of likely N-dealkylation sites (tertiary alicyclic amines) is 1. The average molecular weight is 414 g/mol. The highest BCUT2D eigenvalue weighted by atomic mass is 32.2. The van der Waals surface area contributed by atoms with E-state index >= 15 is 0 Å². The molecule has 0 spiro atoms. The van der Waals surface area contributed by atoms with Crippen LogP contribution in [0.3, 0.4) is 0 Å². The van der Waals surface area contributed by atoms with Crippen molar-refractivity contribution in [2.24, 2.45) is 11.7 Å². The second kappa shape index (κ2) is 7.90. The summed E-state index contributed by atoms with van der Waals surface area (Å²) in [5.41, 5.74) is 9.16. The van der Waals surface area contributed by atoms with Gasteiger partial charge in [-0.2, -0.15) is 16.9 Å². The minimum Gasteiger partial charge on any atom is -0.369 e. The zero-order chi connectivity index (χ0) is 20.5. The molecule has 1 fully saturated rings. The smallest absolute Gasteiger partial charge is 0.315 e. The molecule has 0 aliphatic carbocycles. The lowest BCUT2D eigenvalue weighted by Crippen LogP contribution is -2.46. The van der Waals surface area contributed by atoms with Crippen LogP contribution in [0.2, 0.25) is 0 Å². The largest absolute Gasteiger partial charge is 0.369 e. The second-order valence-corrected chi connectivity index (χ2v) is 8.43. The van der Waals surface area contributed by atoms with Gasteiger partial charge >= 0.3 is 11.8 Å². The minimum absolute atomic E-state index is 0.231. The summed E-state index contributed by atoms with van der Waals surface area (Å²) >= 11 is 1.73. The lowest BCUT2D eigenvalue weighted by atomic mass is 9.96. The van der Waals surface area contributed by atoms with Gasteiger partial charge in [-0.3, -0.25) is 14.4 Å². The normalized spacial score (nSPS) is 16.5. The Labute approximate surface area is 172 Å². The van der Waals surface area contributed by atoms with E-state index in [0.717, 1.165) is 34.0 Å². The van der Waals surface area contributed by atoms with E-state index in [1.54, 1.807) is 16.4 Å². The first kappa shape index (κ1) is 19.5. The predicted molar refractivity (Wildman–Crippen MR) is 110 cm³/mol. The van der Waals surface area contributed by atoms with Crippen LogP contribution in [0.15, 0.2) is 24.3 Å². The van der Waals surface area contributed by atoms with Crippen molar-refractivity contribution in [2.45, 2.75) is 31.3 Å². The number of piperidine rings is 1. The van der Waals surface area contributed by atoms with Gasteiger partial charge in [-0.15, -0.1) is 0 Å². The summed E-state index contributed by atoms with van der Waals surface area (Å²) in [5.74, 6) is 0.226. The van der Waals surface area contributed by atoms with E-state index in [-0.39, 0.29) is 11.8 Å². The lowest BCUT2D eigenvalue weighted by molar-refractivity contribution is -0.144. The molecule has 2 aromatic rings. The summed E-state index contributed by atoms with van der Waals surface area (Å²) in [6, 6.07) is 7.84. The number of aromatic nitrogens is 2. The summed E-state index contributed by atoms with van der Waals surface area (Å²) in [6.45, 7) is 2.70. The molecule has 0 unspecified atom stereocenters. The third-order valence-electron chi connectivity index (χ3n) is 5.41. The SMILES string of the molecule is Cc1cccc(-n2nc3c(c2NC(=O)C(=O)N2CCC(C(N)=O)CC2)CSC3)c1. The third-order valence-corrected chi connectivity index (χ3v) is 6.38. The van der Waals surface area contributed by atoms with E-state index in [9.17, 15) is 14.4 Å². The van der Waals surface area contributed by atoms with Crippen LogP contribution in [0, 0.1) is 12.8 Å². The van der Waals surface area contributed by atoms with Gasteiger partial charge in [-0.1, -0.05) is 12.1 Å². The van der Waals surface area contributed by atoms with Crippen LogP contribution in [0.25, 0.3) is 5.69 Å². The Kier molecular flexibility index (Phi) is 5.31. The number of primary amides is 1. The minimum atomic E-state index is -0.684. The van der Waals surface area contributed by atoms with Crippen molar-refractivity contribution < 1.29 is 14.4 Å². The molecule has 8 nitrogen and oxygen atoms in total. The summed E-state index contributed by atoms with van der Waals surface area (Å²) in [4.78, 5) is 38.2. The van der Waals surface area contributed by atoms with Gasteiger partial charge in [0.05, 0.1) is 11.4 Å². The number of nitrogens with two attached hydrogens (primary N) is 1. The molecule has 0 radical (unpaired) electrons. The van der Waals surface area contributed by atoms with Gasteiger partial charge in [0.15, 0.2) is 0 Å². The number of benzene rings is 1. The molecule has 3 N–H and O–H groups in total. The fraction of sp³-hybridized carbons (Fsp3) is 0.400. The molecule has 3 amide bonds. The van der Waals surface area contributed by atoms with Gasteiger partial charge in [0.2, 0.25) is 5.91 Å². The van der Waals surface area contributed by atoms with Crippen LogP contribution in [0.5, 0.6) is 0 Å². The standard InChI is InChI=1S/C20H23N5O3S/c1-12-3-2-4-14(9-12)25-18(15-10-29-11-16(15)23-25)22-19(27)20(28)24-7-5-13(6-8-24)17(21)26/h2-4,9,13H,5-8,10-11H2,1H3,(H2,21,26)(H,22,27). The third kappa shape index (κ3) is 3.87. The van der Waals surface area contributed by atoms with Crippen LogP contribution in [-0.4, -0.2) is 45.5 Å². The van der Waals surface area contributed by atoms with Crippen molar-refractivity contribution in [2.75, 3.05) is 18.4 Å². The van der Waals surface area contributed by atoms with Gasteiger partial charge in [-0.05, 0) is 37.5 Å². The lowest BCUT2D eigenvalue weighted by Gasteiger charge is -2.30. The second-order valence-electron chi connectivity index (χ2n) is 7.44. The molecule has 9 heteroatoms. The van der Waals surface area contributed by atoms with E-state index in [1.165, 1.54) is 4.90 Å². The molecule has 4 rings (SSSR count). The first-order valence-corrected chi connectivity index (χ1v) is 10.7. The average Bonchev–Trinajstić information content (AvgIpc) is 3.30. The van der Waals surface area contributed by atoms with Gasteiger partial charge in [-0.25, -0.2) is 4.68 Å². The van der Waals surface area contributed by atoms with Crippen LogP contribution >= 0.6 is 11.8 Å². The van der Waals surface area contributed by atoms with Gasteiger partial charge in [0.1, 0.15) is 5.82 Å². The van der Waals surface area contributed by atoms with Crippen LogP contribution in [0.4, 0.5) is 5.82 Å². The Morgan fingerprint density at radius 2 is 1.97 bits per heavy atom. The van der Waals surface area contributed by atoms with Gasteiger partial charge in [0.25, 0.3) is 0 Å². The number of amides is 3. The molecule has 0 atom stereocenters. The van der Waals surface area contributed by atoms with E-state index in [1.807, 2.05) is 31.2 Å². The van der Waals surface area contributed by atoms with Crippen molar-refractivity contribution in [1.82, 2.24) is 14.7 Å². The van der Waals surface area contributed by atoms with E-state index in [2.05, 4.69) is 10.4 Å². The first-order valence-electron chi connectivity index (χ1n) is 9.59. The molecule has 0 saturated carbocycles. The van der Waals surface area contributed by atoms with Crippen molar-refractivity contribution in [3.8, 4) is 5.69 Å². The molecule has 1 aromatic carbocycles. The number of hydrogen-bond acceptors (Lipinski definition) is 5. The Morgan fingerprint density at radius 3 is 2.66 bits per heavy atom. The van der Waals surface area contributed by atoms with E-state index < -0.39 is 11.8 Å². The Balaban J connectivity index is 1.54. The van der Waals surface area contributed by atoms with Crippen molar-refractivity contribution >= 4 is 35.3 Å². The molecule has 152 valence electrons. The van der Waals surface area contributed by atoms with Crippen molar-refractivity contribution in [3.63, 3.8) is 0 Å². The Hall–Kier alpha value is -2.81. The monoisotopic (exact) mass is 413 g/mol. The first-order chi connectivity index (χ1) is 13.9. The Morgan fingerprint density at radius 1 is 1.21 bits per heavy atom. The number of thioether (sulfide) groups is 1. The van der Waals surface area contributed by atoms with Crippen LogP contribution in [0.1, 0.15) is 29.7 Å².